The number of hydrogen-bond acceptors (Lipinski definition) is 3. The summed E-state index contributed by atoms with van der Waals surface area (Å²) in [6.45, 7) is 4.69. The summed E-state index contributed by atoms with van der Waals surface area (Å²) in [5.41, 5.74) is 2.27. The standard InChI is InChI=1S/C21H26ClFN4O/c1-2-24-21(25-12-15-6-7-20(23)16(10-15)14-28)26-18-8-9-27(13-18)19-5-3-4-17(22)11-19/h3-7,10-11,18,28H,2,8-9,12-14H2,1H3,(H2,24,25,26). The molecule has 28 heavy (non-hydrogen) atoms. The van der Waals surface area contributed by atoms with E-state index in [4.69, 9.17) is 11.6 Å². The molecule has 2 aromatic rings. The number of aliphatic hydroxyl groups excluding tert-OH is 1. The fourth-order valence-electron chi connectivity index (χ4n) is 3.32. The maximum absolute atomic E-state index is 13.5. The molecule has 3 N–H and O–H groups in total. The van der Waals surface area contributed by atoms with Gasteiger partial charge in [0.25, 0.3) is 0 Å². The lowest BCUT2D eigenvalue weighted by atomic mass is 10.1. The average Bonchev–Trinajstić information content (AvgIpc) is 3.16. The molecule has 3 rings (SSSR count). The van der Waals surface area contributed by atoms with Gasteiger partial charge in [-0.1, -0.05) is 23.7 Å². The van der Waals surface area contributed by atoms with Crippen molar-refractivity contribution in [2.45, 2.75) is 32.5 Å². The zero-order valence-corrected chi connectivity index (χ0v) is 16.7. The minimum atomic E-state index is -0.396. The minimum Gasteiger partial charge on any atom is -0.392 e. The van der Waals surface area contributed by atoms with Crippen molar-refractivity contribution in [3.8, 4) is 0 Å². The van der Waals surface area contributed by atoms with Gasteiger partial charge < -0.3 is 20.6 Å². The van der Waals surface area contributed by atoms with E-state index in [-0.39, 0.29) is 12.6 Å². The third-order valence-electron chi connectivity index (χ3n) is 4.75. The molecule has 7 heteroatoms. The molecule has 0 aromatic heterocycles. The first kappa shape index (κ1) is 20.4. The Labute approximate surface area is 170 Å². The molecule has 0 saturated carbocycles. The van der Waals surface area contributed by atoms with Crippen molar-refractivity contribution in [3.63, 3.8) is 0 Å². The van der Waals surface area contributed by atoms with E-state index in [2.05, 4.69) is 26.6 Å². The molecule has 0 aliphatic carbocycles. The molecule has 1 atom stereocenters. The molecule has 0 spiro atoms. The Balaban J connectivity index is 1.62. The van der Waals surface area contributed by atoms with E-state index in [0.717, 1.165) is 48.3 Å². The summed E-state index contributed by atoms with van der Waals surface area (Å²) in [7, 11) is 0. The lowest BCUT2D eigenvalue weighted by Crippen LogP contribution is -2.44. The fraction of sp³-hybridized carbons (Fsp3) is 0.381. The van der Waals surface area contributed by atoms with Gasteiger partial charge in [-0.2, -0.15) is 0 Å². The van der Waals surface area contributed by atoms with Gasteiger partial charge in [0, 0.05) is 41.9 Å². The molecule has 1 aliphatic heterocycles. The Bertz CT molecular complexity index is 830. The summed E-state index contributed by atoms with van der Waals surface area (Å²) in [4.78, 5) is 6.92. The van der Waals surface area contributed by atoms with E-state index in [1.54, 1.807) is 12.1 Å². The van der Waals surface area contributed by atoms with Crippen molar-refractivity contribution < 1.29 is 9.50 Å². The van der Waals surface area contributed by atoms with Gasteiger partial charge in [-0.3, -0.25) is 0 Å². The maximum atomic E-state index is 13.5. The molecule has 0 bridgehead atoms. The molecule has 1 heterocycles. The van der Waals surface area contributed by atoms with E-state index in [0.29, 0.717) is 12.1 Å². The number of nitrogens with one attached hydrogen (secondary N) is 2. The Morgan fingerprint density at radius 2 is 2.18 bits per heavy atom. The van der Waals surface area contributed by atoms with Crippen LogP contribution in [0.25, 0.3) is 0 Å². The minimum absolute atomic E-state index is 0.276. The van der Waals surface area contributed by atoms with Crippen LogP contribution in [-0.4, -0.2) is 36.7 Å². The van der Waals surface area contributed by atoms with Crippen LogP contribution in [-0.2, 0) is 13.2 Å². The van der Waals surface area contributed by atoms with Crippen LogP contribution in [0.15, 0.2) is 47.5 Å². The Kier molecular flexibility index (Phi) is 7.12. The van der Waals surface area contributed by atoms with Gasteiger partial charge in [-0.15, -0.1) is 0 Å². The summed E-state index contributed by atoms with van der Waals surface area (Å²) in [6.07, 6.45) is 1.00. The number of hydrogen-bond donors (Lipinski definition) is 3. The molecule has 1 aliphatic rings. The van der Waals surface area contributed by atoms with Crippen molar-refractivity contribution in [2.75, 3.05) is 24.5 Å². The lowest BCUT2D eigenvalue weighted by molar-refractivity contribution is 0.275. The second-order valence-electron chi connectivity index (χ2n) is 6.83. The predicted octanol–water partition coefficient (Wildman–Crippen LogP) is 3.31. The topological polar surface area (TPSA) is 59.9 Å². The van der Waals surface area contributed by atoms with E-state index < -0.39 is 5.82 Å². The molecule has 1 unspecified atom stereocenters. The highest BCUT2D eigenvalue weighted by molar-refractivity contribution is 6.30. The van der Waals surface area contributed by atoms with Gasteiger partial charge >= 0.3 is 0 Å². The van der Waals surface area contributed by atoms with E-state index in [9.17, 15) is 9.50 Å². The smallest absolute Gasteiger partial charge is 0.191 e. The van der Waals surface area contributed by atoms with Crippen LogP contribution in [0.3, 0.4) is 0 Å². The molecular formula is C21H26ClFN4O. The summed E-state index contributed by atoms with van der Waals surface area (Å²) in [5, 5.41) is 16.7. The highest BCUT2D eigenvalue weighted by Crippen LogP contribution is 2.23. The number of halogens is 2. The summed E-state index contributed by atoms with van der Waals surface area (Å²) in [5.74, 6) is 0.336. The number of nitrogens with zero attached hydrogens (tertiary/aromatic N) is 2. The summed E-state index contributed by atoms with van der Waals surface area (Å²) in [6, 6.07) is 12.9. The number of rotatable bonds is 6. The van der Waals surface area contributed by atoms with Crippen LogP contribution >= 0.6 is 11.6 Å². The van der Waals surface area contributed by atoms with Gasteiger partial charge in [0.1, 0.15) is 5.82 Å². The fourth-order valence-corrected chi connectivity index (χ4v) is 3.50. The van der Waals surface area contributed by atoms with E-state index in [1.165, 1.54) is 6.07 Å². The number of guanidine groups is 1. The third kappa shape index (κ3) is 5.36. The van der Waals surface area contributed by atoms with Crippen molar-refractivity contribution in [3.05, 3.63) is 64.4 Å². The zero-order valence-electron chi connectivity index (χ0n) is 16.0. The maximum Gasteiger partial charge on any atom is 0.191 e. The highest BCUT2D eigenvalue weighted by atomic mass is 35.5. The summed E-state index contributed by atoms with van der Waals surface area (Å²) < 4.78 is 13.5. The van der Waals surface area contributed by atoms with Crippen LogP contribution in [0.2, 0.25) is 5.02 Å². The number of aliphatic imine (C=N–C) groups is 1. The van der Waals surface area contributed by atoms with Crippen molar-refractivity contribution in [1.82, 2.24) is 10.6 Å². The highest BCUT2D eigenvalue weighted by Gasteiger charge is 2.23. The quantitative estimate of drug-likeness (QED) is 0.510. The first-order chi connectivity index (χ1) is 13.6. The molecule has 0 amide bonds. The van der Waals surface area contributed by atoms with Crippen LogP contribution in [0.1, 0.15) is 24.5 Å². The molecule has 1 saturated heterocycles. The molecule has 5 nitrogen and oxygen atoms in total. The van der Waals surface area contributed by atoms with Crippen LogP contribution in [0.5, 0.6) is 0 Å². The molecular weight excluding hydrogens is 379 g/mol. The normalized spacial score (nSPS) is 17.1. The first-order valence-corrected chi connectivity index (χ1v) is 9.90. The number of aliphatic hydroxyl groups is 1. The van der Waals surface area contributed by atoms with Crippen molar-refractivity contribution in [2.24, 2.45) is 4.99 Å². The van der Waals surface area contributed by atoms with Crippen LogP contribution in [0, 0.1) is 5.82 Å². The number of anilines is 1. The second kappa shape index (κ2) is 9.75. The Morgan fingerprint density at radius 1 is 1.32 bits per heavy atom. The molecule has 1 fully saturated rings. The predicted molar refractivity (Wildman–Crippen MR) is 112 cm³/mol. The van der Waals surface area contributed by atoms with Crippen molar-refractivity contribution >= 4 is 23.2 Å². The third-order valence-corrected chi connectivity index (χ3v) is 4.98. The second-order valence-corrected chi connectivity index (χ2v) is 7.27. The number of benzene rings is 2. The lowest BCUT2D eigenvalue weighted by Gasteiger charge is -2.20. The monoisotopic (exact) mass is 404 g/mol. The van der Waals surface area contributed by atoms with Gasteiger partial charge in [0.05, 0.1) is 13.2 Å². The van der Waals surface area contributed by atoms with Crippen LogP contribution in [0.4, 0.5) is 10.1 Å². The van der Waals surface area contributed by atoms with E-state index >= 15 is 0 Å². The van der Waals surface area contributed by atoms with Crippen LogP contribution < -0.4 is 15.5 Å². The van der Waals surface area contributed by atoms with Crippen molar-refractivity contribution in [1.29, 1.82) is 0 Å². The van der Waals surface area contributed by atoms with Gasteiger partial charge in [0.15, 0.2) is 5.96 Å². The Hall–Kier alpha value is -2.31. The molecule has 0 radical (unpaired) electrons. The SMILES string of the molecule is CCNC(=NCc1ccc(F)c(CO)c1)NC1CCN(c2cccc(Cl)c2)C1. The molecule has 150 valence electrons. The zero-order chi connectivity index (χ0) is 19.9. The summed E-state index contributed by atoms with van der Waals surface area (Å²) >= 11 is 6.11. The average molecular weight is 405 g/mol. The largest absolute Gasteiger partial charge is 0.392 e. The van der Waals surface area contributed by atoms with Gasteiger partial charge in [-0.25, -0.2) is 9.38 Å². The first-order valence-electron chi connectivity index (χ1n) is 9.52. The Morgan fingerprint density at radius 3 is 2.93 bits per heavy atom. The van der Waals surface area contributed by atoms with E-state index in [1.807, 2.05) is 25.1 Å². The van der Waals surface area contributed by atoms with Gasteiger partial charge in [0.2, 0.25) is 0 Å². The molecule has 2 aromatic carbocycles. The van der Waals surface area contributed by atoms with Gasteiger partial charge in [-0.05, 0) is 49.2 Å².